The first-order valence-electron chi connectivity index (χ1n) is 11.8. The summed E-state index contributed by atoms with van der Waals surface area (Å²) in [5.74, 6) is -0.0297. The Morgan fingerprint density at radius 2 is 1.97 bits per heavy atom. The minimum atomic E-state index is -0.326. The van der Waals surface area contributed by atoms with Gasteiger partial charge in [-0.25, -0.2) is 4.79 Å². The minimum absolute atomic E-state index is 0.119. The maximum Gasteiger partial charge on any atom is 0.324 e. The molecule has 5 N–H and O–H groups in total. The Hall–Kier alpha value is -1.88. The molecule has 33 heavy (non-hydrogen) atoms. The maximum absolute atomic E-state index is 13.5. The number of nitrogens with one attached hydrogen (secondary N) is 1. The molecule has 10 heteroatoms. The largest absolute Gasteiger partial charge is 0.396 e. The number of carbonyl (C=O) groups excluding carboxylic acids is 2. The highest BCUT2D eigenvalue weighted by atomic mass is 32.1. The van der Waals surface area contributed by atoms with E-state index in [2.05, 4.69) is 22.2 Å². The molecule has 1 aromatic heterocycles. The van der Waals surface area contributed by atoms with Gasteiger partial charge in [0.25, 0.3) is 0 Å². The number of anilines is 2. The van der Waals surface area contributed by atoms with Crippen LogP contribution in [0.2, 0.25) is 0 Å². The van der Waals surface area contributed by atoms with Crippen LogP contribution in [0.25, 0.3) is 0 Å². The van der Waals surface area contributed by atoms with Crippen molar-refractivity contribution < 1.29 is 14.3 Å². The van der Waals surface area contributed by atoms with Crippen molar-refractivity contribution in [1.29, 1.82) is 0 Å². The molecule has 0 spiro atoms. The molecule has 0 aromatic carbocycles. The van der Waals surface area contributed by atoms with Crippen molar-refractivity contribution in [2.45, 2.75) is 38.1 Å². The molecule has 2 aliphatic rings. The highest BCUT2D eigenvalue weighted by Gasteiger charge is 2.42. The number of hydrogen-bond donors (Lipinski definition) is 3. The fourth-order valence-electron chi connectivity index (χ4n) is 5.11. The number of imide groups is 1. The van der Waals surface area contributed by atoms with E-state index in [-0.39, 0.29) is 24.4 Å². The lowest BCUT2D eigenvalue weighted by molar-refractivity contribution is -0.136. The van der Waals surface area contributed by atoms with Gasteiger partial charge in [0.2, 0.25) is 5.91 Å². The molecule has 0 unspecified atom stereocenters. The average molecular weight is 481 g/mol. The SMILES string of the molecule is COCCN(C(=O)NCCCCN(C)C)C(=O)[C@@H]1C[C@@H]2Cc3c(sc(N)c3N)C[C@H]2N(C)C1. The van der Waals surface area contributed by atoms with Crippen LogP contribution in [0.3, 0.4) is 0 Å². The van der Waals surface area contributed by atoms with Crippen molar-refractivity contribution in [3.63, 3.8) is 0 Å². The van der Waals surface area contributed by atoms with Crippen molar-refractivity contribution in [3.8, 4) is 0 Å². The van der Waals surface area contributed by atoms with E-state index in [0.717, 1.165) is 44.2 Å². The molecular weight excluding hydrogens is 440 g/mol. The fourth-order valence-corrected chi connectivity index (χ4v) is 6.18. The van der Waals surface area contributed by atoms with E-state index in [1.54, 1.807) is 18.4 Å². The zero-order chi connectivity index (χ0) is 24.1. The zero-order valence-corrected chi connectivity index (χ0v) is 21.2. The van der Waals surface area contributed by atoms with Crippen LogP contribution in [0.1, 0.15) is 29.7 Å². The Morgan fingerprint density at radius 1 is 1.21 bits per heavy atom. The molecule has 1 aliphatic heterocycles. The summed E-state index contributed by atoms with van der Waals surface area (Å²) in [4.78, 5) is 33.4. The van der Waals surface area contributed by atoms with Gasteiger partial charge in [0.15, 0.2) is 0 Å². The minimum Gasteiger partial charge on any atom is -0.396 e. The number of nitrogens with zero attached hydrogens (tertiary/aromatic N) is 3. The summed E-state index contributed by atoms with van der Waals surface area (Å²) >= 11 is 1.59. The van der Waals surface area contributed by atoms with Gasteiger partial charge in [-0.3, -0.25) is 9.69 Å². The van der Waals surface area contributed by atoms with Gasteiger partial charge >= 0.3 is 6.03 Å². The van der Waals surface area contributed by atoms with Crippen molar-refractivity contribution in [3.05, 3.63) is 10.4 Å². The van der Waals surface area contributed by atoms with E-state index >= 15 is 0 Å². The van der Waals surface area contributed by atoms with Crippen LogP contribution >= 0.6 is 11.3 Å². The van der Waals surface area contributed by atoms with E-state index in [9.17, 15) is 9.59 Å². The Balaban J connectivity index is 1.64. The summed E-state index contributed by atoms with van der Waals surface area (Å²) in [6, 6.07) is 0.0458. The molecule has 1 aliphatic carbocycles. The number of amides is 3. The van der Waals surface area contributed by atoms with Crippen LogP contribution < -0.4 is 16.8 Å². The van der Waals surface area contributed by atoms with Crippen molar-refractivity contribution in [1.82, 2.24) is 20.0 Å². The van der Waals surface area contributed by atoms with Gasteiger partial charge < -0.3 is 31.3 Å². The van der Waals surface area contributed by atoms with Crippen molar-refractivity contribution in [2.24, 2.45) is 11.8 Å². The number of likely N-dealkylation sites (N-methyl/N-ethyl adjacent to an activating group) is 1. The quantitative estimate of drug-likeness (QED) is 0.458. The van der Waals surface area contributed by atoms with Crippen LogP contribution in [0.15, 0.2) is 0 Å². The molecule has 9 nitrogen and oxygen atoms in total. The number of likely N-dealkylation sites (tertiary alicyclic amines) is 1. The molecule has 3 amide bonds. The molecule has 3 rings (SSSR count). The number of carbonyl (C=O) groups is 2. The number of piperidine rings is 1. The average Bonchev–Trinajstić information content (AvgIpc) is 3.05. The smallest absolute Gasteiger partial charge is 0.324 e. The summed E-state index contributed by atoms with van der Waals surface area (Å²) in [6.45, 7) is 2.75. The monoisotopic (exact) mass is 480 g/mol. The molecule has 0 radical (unpaired) electrons. The molecule has 3 atom stereocenters. The lowest BCUT2D eigenvalue weighted by Gasteiger charge is -2.45. The van der Waals surface area contributed by atoms with Crippen LogP contribution in [0.5, 0.6) is 0 Å². The highest BCUT2D eigenvalue weighted by molar-refractivity contribution is 7.16. The van der Waals surface area contributed by atoms with E-state index in [0.29, 0.717) is 42.3 Å². The topological polar surface area (TPSA) is 117 Å². The molecule has 186 valence electrons. The van der Waals surface area contributed by atoms with Gasteiger partial charge in [-0.1, -0.05) is 0 Å². The first-order chi connectivity index (χ1) is 15.7. The Morgan fingerprint density at radius 3 is 2.67 bits per heavy atom. The third-order valence-corrected chi connectivity index (χ3v) is 8.01. The number of hydrogen-bond acceptors (Lipinski definition) is 8. The molecule has 0 bridgehead atoms. The second-order valence-electron chi connectivity index (χ2n) is 9.61. The van der Waals surface area contributed by atoms with Gasteiger partial charge in [-0.2, -0.15) is 0 Å². The lowest BCUT2D eigenvalue weighted by Crippen LogP contribution is -2.55. The molecule has 2 heterocycles. The number of unbranched alkanes of at least 4 members (excludes halogenated alkanes) is 1. The second kappa shape index (κ2) is 11.5. The Kier molecular flexibility index (Phi) is 8.97. The van der Waals surface area contributed by atoms with E-state index in [4.69, 9.17) is 16.2 Å². The summed E-state index contributed by atoms with van der Waals surface area (Å²) in [6.07, 6.45) is 4.38. The van der Waals surface area contributed by atoms with Crippen molar-refractivity contribution in [2.75, 3.05) is 72.5 Å². The van der Waals surface area contributed by atoms with Gasteiger partial charge in [0.05, 0.1) is 24.8 Å². The Labute approximate surface area is 201 Å². The molecule has 1 saturated heterocycles. The van der Waals surface area contributed by atoms with Gasteiger partial charge in [-0.15, -0.1) is 11.3 Å². The summed E-state index contributed by atoms with van der Waals surface area (Å²) in [5.41, 5.74) is 14.2. The maximum atomic E-state index is 13.5. The number of nitrogen functional groups attached to an aromatic ring is 2. The summed E-state index contributed by atoms with van der Waals surface area (Å²) in [5, 5.41) is 3.62. The highest BCUT2D eigenvalue weighted by Crippen LogP contribution is 2.44. The summed E-state index contributed by atoms with van der Waals surface area (Å²) in [7, 11) is 7.72. The standard InChI is InChI=1S/C23H40N6O3S/c1-27(2)8-6-5-7-26-23(31)29(9-10-32-4)22(30)16-11-15-12-17-19(33-21(25)20(17)24)13-18(15)28(3)14-16/h15-16,18H,5-14,24-25H2,1-4H3,(H,26,31)/t15-,16-,18-/m1/s1. The van der Waals surface area contributed by atoms with Crippen LogP contribution in [-0.2, 0) is 22.4 Å². The lowest BCUT2D eigenvalue weighted by atomic mass is 9.74. The Bertz CT molecular complexity index is 829. The number of thiophene rings is 1. The van der Waals surface area contributed by atoms with Gasteiger partial charge in [0, 0.05) is 31.1 Å². The zero-order valence-electron chi connectivity index (χ0n) is 20.4. The van der Waals surface area contributed by atoms with Crippen LogP contribution in [0, 0.1) is 11.8 Å². The first-order valence-corrected chi connectivity index (χ1v) is 12.6. The first kappa shape index (κ1) is 25.7. The molecule has 1 aromatic rings. The normalized spacial score (nSPS) is 22.6. The number of rotatable bonds is 9. The third-order valence-electron chi connectivity index (χ3n) is 6.91. The number of fused-ring (bicyclic) bond motifs is 2. The number of nitrogens with two attached hydrogens (primary N) is 2. The molecular formula is C23H40N6O3S. The van der Waals surface area contributed by atoms with Crippen molar-refractivity contribution >= 4 is 34.0 Å². The van der Waals surface area contributed by atoms with Gasteiger partial charge in [-0.05, 0) is 71.3 Å². The van der Waals surface area contributed by atoms with E-state index < -0.39 is 0 Å². The number of ether oxygens (including phenoxy) is 1. The molecule has 0 saturated carbocycles. The molecule has 1 fully saturated rings. The predicted octanol–water partition coefficient (Wildman–Crippen LogP) is 1.47. The van der Waals surface area contributed by atoms with Crippen LogP contribution in [-0.4, -0.2) is 93.7 Å². The third kappa shape index (κ3) is 6.17. The van der Waals surface area contributed by atoms with Gasteiger partial charge in [0.1, 0.15) is 5.00 Å². The second-order valence-corrected chi connectivity index (χ2v) is 10.8. The van der Waals surface area contributed by atoms with E-state index in [1.165, 1.54) is 9.78 Å². The van der Waals surface area contributed by atoms with Crippen LogP contribution in [0.4, 0.5) is 15.5 Å². The fraction of sp³-hybridized carbons (Fsp3) is 0.739. The number of methoxy groups -OCH3 is 1. The number of urea groups is 1. The predicted molar refractivity (Wildman–Crippen MR) is 133 cm³/mol. The summed E-state index contributed by atoms with van der Waals surface area (Å²) < 4.78 is 5.18. The van der Waals surface area contributed by atoms with E-state index in [1.807, 2.05) is 14.1 Å².